The van der Waals surface area contributed by atoms with Gasteiger partial charge in [0.25, 0.3) is 0 Å². The number of anilines is 1. The summed E-state index contributed by atoms with van der Waals surface area (Å²) in [6.45, 7) is 10.1. The molecule has 4 aliphatic rings. The van der Waals surface area contributed by atoms with Crippen LogP contribution in [-0.4, -0.2) is 131 Å². The summed E-state index contributed by atoms with van der Waals surface area (Å²) in [5, 5.41) is 15.2. The van der Waals surface area contributed by atoms with E-state index in [0.29, 0.717) is 58.0 Å². The highest BCUT2D eigenvalue weighted by Gasteiger charge is 2.36. The number of piperidine rings is 2. The fourth-order valence-electron chi connectivity index (χ4n) is 7.88. The van der Waals surface area contributed by atoms with Gasteiger partial charge in [0.05, 0.1) is 6.54 Å². The second kappa shape index (κ2) is 15.5. The number of carbonyl (C=O) groups excluding carboxylic acids is 3. The van der Waals surface area contributed by atoms with E-state index in [9.17, 15) is 19.2 Å². The Labute approximate surface area is 296 Å². The molecular formula is C36H48BrN7O5. The van der Waals surface area contributed by atoms with Gasteiger partial charge in [-0.1, -0.05) is 46.3 Å². The minimum absolute atomic E-state index is 0.0324. The Balaban J connectivity index is 1.07. The standard InChI is InChI=1S/C36H48BrN7O5/c1-24-19-26(20-25(2)33(24)37)21-31(34(47)42-11-7-28(8-12-42)41-17-15-40(16-18-41)23-32(45)46)39-35(48)43-13-9-29(10-14-43)44-22-27-5-3-4-6-30(27)38-36(44)49/h3-6,19-20,28-29,31H,7-18,21-23H2,1-2H3,(H,38,49)(H,39,48)(H,45,46). The third kappa shape index (κ3) is 8.38. The highest BCUT2D eigenvalue weighted by Crippen LogP contribution is 2.28. The van der Waals surface area contributed by atoms with Crippen LogP contribution in [-0.2, 0) is 22.6 Å². The largest absolute Gasteiger partial charge is 0.480 e. The van der Waals surface area contributed by atoms with Gasteiger partial charge in [-0.15, -0.1) is 0 Å². The molecule has 0 saturated carbocycles. The third-order valence-electron chi connectivity index (χ3n) is 10.6. The summed E-state index contributed by atoms with van der Waals surface area (Å²) < 4.78 is 1.04. The van der Waals surface area contributed by atoms with Crippen molar-refractivity contribution in [3.05, 3.63) is 63.1 Å². The molecule has 4 heterocycles. The molecule has 3 N–H and O–H groups in total. The number of fused-ring (bicyclic) bond motifs is 1. The Kier molecular flexibility index (Phi) is 11.1. The molecule has 13 heteroatoms. The summed E-state index contributed by atoms with van der Waals surface area (Å²) in [7, 11) is 0. The summed E-state index contributed by atoms with van der Waals surface area (Å²) in [6, 6.07) is 11.3. The van der Waals surface area contributed by atoms with Crippen LogP contribution in [0.15, 0.2) is 40.9 Å². The molecule has 0 aromatic heterocycles. The molecule has 2 aromatic carbocycles. The van der Waals surface area contributed by atoms with Gasteiger partial charge >= 0.3 is 18.0 Å². The van der Waals surface area contributed by atoms with Crippen molar-refractivity contribution >= 4 is 45.6 Å². The normalized spacial score (nSPS) is 20.5. The summed E-state index contributed by atoms with van der Waals surface area (Å²) in [5.74, 6) is -0.854. The predicted molar refractivity (Wildman–Crippen MR) is 190 cm³/mol. The molecule has 5 amide bonds. The molecule has 1 atom stereocenters. The van der Waals surface area contributed by atoms with Gasteiger partial charge in [-0.3, -0.25) is 19.4 Å². The molecule has 4 aliphatic heterocycles. The minimum Gasteiger partial charge on any atom is -0.480 e. The SMILES string of the molecule is Cc1cc(CC(NC(=O)N2CCC(N3Cc4ccccc4NC3=O)CC2)C(=O)N2CCC(N3CCN(CC(=O)O)CC3)CC2)cc(C)c1Br. The van der Waals surface area contributed by atoms with Crippen LogP contribution in [0.25, 0.3) is 0 Å². The fourth-order valence-corrected chi connectivity index (χ4v) is 8.11. The van der Waals surface area contributed by atoms with Crippen molar-refractivity contribution in [1.29, 1.82) is 0 Å². The highest BCUT2D eigenvalue weighted by molar-refractivity contribution is 9.10. The topological polar surface area (TPSA) is 129 Å². The number of carboxylic acids is 1. The number of aryl methyl sites for hydroxylation is 2. The van der Waals surface area contributed by atoms with Crippen LogP contribution in [0.5, 0.6) is 0 Å². The van der Waals surface area contributed by atoms with E-state index < -0.39 is 12.0 Å². The molecule has 0 radical (unpaired) electrons. The second-order valence-corrected chi connectivity index (χ2v) is 14.7. The van der Waals surface area contributed by atoms with Gasteiger partial charge < -0.3 is 30.4 Å². The maximum atomic E-state index is 14.1. The second-order valence-electron chi connectivity index (χ2n) is 13.9. The van der Waals surface area contributed by atoms with E-state index in [0.717, 1.165) is 71.4 Å². The summed E-state index contributed by atoms with van der Waals surface area (Å²) in [4.78, 5) is 61.8. The molecule has 0 bridgehead atoms. The molecule has 3 saturated heterocycles. The number of hydrogen-bond acceptors (Lipinski definition) is 6. The van der Waals surface area contributed by atoms with E-state index in [1.165, 1.54) is 0 Å². The zero-order valence-electron chi connectivity index (χ0n) is 28.5. The van der Waals surface area contributed by atoms with Gasteiger partial charge in [-0.05, 0) is 67.9 Å². The zero-order valence-corrected chi connectivity index (χ0v) is 30.1. The Morgan fingerprint density at radius 1 is 0.898 bits per heavy atom. The van der Waals surface area contributed by atoms with Crippen molar-refractivity contribution in [3.63, 3.8) is 0 Å². The van der Waals surface area contributed by atoms with Crippen LogP contribution in [0.3, 0.4) is 0 Å². The average Bonchev–Trinajstić information content (AvgIpc) is 3.10. The molecule has 3 fully saturated rings. The predicted octanol–water partition coefficient (Wildman–Crippen LogP) is 3.89. The molecule has 264 valence electrons. The van der Waals surface area contributed by atoms with Crippen LogP contribution < -0.4 is 10.6 Å². The molecule has 0 spiro atoms. The number of piperazine rings is 1. The number of aliphatic carboxylic acids is 1. The van der Waals surface area contributed by atoms with Crippen molar-refractivity contribution in [3.8, 4) is 0 Å². The van der Waals surface area contributed by atoms with Gasteiger partial charge in [0.15, 0.2) is 0 Å². The fraction of sp³-hybridized carbons (Fsp3) is 0.556. The van der Waals surface area contributed by atoms with E-state index in [1.54, 1.807) is 4.90 Å². The van der Waals surface area contributed by atoms with Gasteiger partial charge in [0, 0.05) is 87.6 Å². The molecule has 0 aliphatic carbocycles. The smallest absolute Gasteiger partial charge is 0.322 e. The molecule has 6 rings (SSSR count). The summed E-state index contributed by atoms with van der Waals surface area (Å²) >= 11 is 3.65. The zero-order chi connectivity index (χ0) is 34.7. The number of carbonyl (C=O) groups is 4. The van der Waals surface area contributed by atoms with Crippen molar-refractivity contribution < 1.29 is 24.3 Å². The minimum atomic E-state index is -0.794. The number of rotatable bonds is 8. The first-order valence-corrected chi connectivity index (χ1v) is 18.3. The number of carboxylic acid groups (broad SMARTS) is 1. The molecule has 1 unspecified atom stereocenters. The first kappa shape index (κ1) is 35.2. The van der Waals surface area contributed by atoms with Crippen molar-refractivity contribution in [2.24, 2.45) is 0 Å². The third-order valence-corrected chi connectivity index (χ3v) is 11.9. The first-order valence-electron chi connectivity index (χ1n) is 17.5. The van der Waals surface area contributed by atoms with Crippen molar-refractivity contribution in [1.82, 2.24) is 29.8 Å². The van der Waals surface area contributed by atoms with Crippen LogP contribution in [0.2, 0.25) is 0 Å². The molecule has 49 heavy (non-hydrogen) atoms. The Morgan fingerprint density at radius 3 is 2.16 bits per heavy atom. The maximum absolute atomic E-state index is 14.1. The van der Waals surface area contributed by atoms with Crippen molar-refractivity contribution in [2.75, 3.05) is 64.2 Å². The summed E-state index contributed by atoms with van der Waals surface area (Å²) in [5.41, 5.74) is 5.12. The quantitative estimate of drug-likeness (QED) is 0.375. The molecular weight excluding hydrogens is 690 g/mol. The van der Waals surface area contributed by atoms with Gasteiger partial charge in [-0.25, -0.2) is 9.59 Å². The van der Waals surface area contributed by atoms with Gasteiger partial charge in [0.1, 0.15) is 6.04 Å². The highest BCUT2D eigenvalue weighted by atomic mass is 79.9. The van der Waals surface area contributed by atoms with E-state index >= 15 is 0 Å². The number of nitrogens with one attached hydrogen (secondary N) is 2. The summed E-state index contributed by atoms with van der Waals surface area (Å²) in [6.07, 6.45) is 3.44. The van der Waals surface area contributed by atoms with E-state index in [1.807, 2.05) is 52.8 Å². The van der Waals surface area contributed by atoms with Crippen LogP contribution in [0.1, 0.15) is 47.9 Å². The van der Waals surface area contributed by atoms with Crippen molar-refractivity contribution in [2.45, 2.75) is 70.6 Å². The number of nitrogens with zero attached hydrogens (tertiary/aromatic N) is 5. The Morgan fingerprint density at radius 2 is 1.51 bits per heavy atom. The number of likely N-dealkylation sites (tertiary alicyclic amines) is 2. The average molecular weight is 739 g/mol. The monoisotopic (exact) mass is 737 g/mol. The van der Waals surface area contributed by atoms with E-state index in [-0.39, 0.29) is 30.6 Å². The first-order chi connectivity index (χ1) is 23.5. The van der Waals surface area contributed by atoms with E-state index in [2.05, 4.69) is 43.6 Å². The lowest BCUT2D eigenvalue weighted by atomic mass is 9.98. The molecule has 12 nitrogen and oxygen atoms in total. The van der Waals surface area contributed by atoms with Gasteiger partial charge in [-0.2, -0.15) is 0 Å². The van der Waals surface area contributed by atoms with Crippen LogP contribution in [0.4, 0.5) is 15.3 Å². The maximum Gasteiger partial charge on any atom is 0.322 e. The Bertz CT molecular complexity index is 1520. The van der Waals surface area contributed by atoms with Gasteiger partial charge in [0.2, 0.25) is 5.91 Å². The number of halogens is 1. The van der Waals surface area contributed by atoms with Crippen LogP contribution in [0, 0.1) is 13.8 Å². The Hall–Kier alpha value is -3.68. The lowest BCUT2D eigenvalue weighted by molar-refractivity contribution is -0.138. The number of amides is 5. The lowest BCUT2D eigenvalue weighted by Crippen LogP contribution is -2.58. The number of urea groups is 2. The molecule has 2 aromatic rings. The number of benzene rings is 2. The number of hydrogen-bond donors (Lipinski definition) is 3. The number of para-hydroxylation sites is 1. The van der Waals surface area contributed by atoms with E-state index in [4.69, 9.17) is 5.11 Å². The van der Waals surface area contributed by atoms with Crippen LogP contribution >= 0.6 is 15.9 Å². The lowest BCUT2D eigenvalue weighted by Gasteiger charge is -2.43.